The normalized spacial score (nSPS) is 10.0. The number of hydrogen-bond acceptors (Lipinski definition) is 3. The van der Waals surface area contributed by atoms with E-state index in [1.165, 1.54) is 4.88 Å². The summed E-state index contributed by atoms with van der Waals surface area (Å²) in [5.41, 5.74) is 6.32. The van der Waals surface area contributed by atoms with Gasteiger partial charge in [0, 0.05) is 15.8 Å². The number of rotatable bonds is 3. The molecule has 0 radical (unpaired) electrons. The number of hydrogen-bond donors (Lipinski definition) is 1. The maximum atomic E-state index is 5.48. The van der Waals surface area contributed by atoms with Gasteiger partial charge in [-0.2, -0.15) is 0 Å². The molecule has 2 nitrogen and oxygen atoms in total. The van der Waals surface area contributed by atoms with Crippen molar-refractivity contribution in [2.75, 3.05) is 6.54 Å². The first kappa shape index (κ1) is 11.3. The smallest absolute Gasteiger partial charge is 0.0813 e. The fourth-order valence-electron chi connectivity index (χ4n) is 0.924. The zero-order valence-electron chi connectivity index (χ0n) is 8.54. The van der Waals surface area contributed by atoms with Gasteiger partial charge in [0.2, 0.25) is 0 Å². The summed E-state index contributed by atoms with van der Waals surface area (Å²) < 4.78 is 5.48. The van der Waals surface area contributed by atoms with Gasteiger partial charge < -0.3 is 10.5 Å². The fraction of sp³-hybridized carbons (Fsp3) is 0.455. The zero-order valence-corrected chi connectivity index (χ0v) is 9.36. The first-order valence-electron chi connectivity index (χ1n) is 4.60. The van der Waals surface area contributed by atoms with E-state index in [0.717, 1.165) is 5.56 Å². The number of thiophene rings is 1. The molecule has 0 amide bonds. The van der Waals surface area contributed by atoms with Crippen LogP contribution >= 0.6 is 11.3 Å². The van der Waals surface area contributed by atoms with Crippen LogP contribution in [0.5, 0.6) is 0 Å². The van der Waals surface area contributed by atoms with Crippen molar-refractivity contribution in [1.29, 1.82) is 0 Å². The van der Waals surface area contributed by atoms with Crippen LogP contribution in [0.25, 0.3) is 0 Å². The Bertz CT molecular complexity index is 333. The van der Waals surface area contributed by atoms with Gasteiger partial charge in [-0.05, 0) is 19.9 Å². The Hall–Kier alpha value is -0.820. The van der Waals surface area contributed by atoms with Gasteiger partial charge in [-0.25, -0.2) is 0 Å². The van der Waals surface area contributed by atoms with Crippen molar-refractivity contribution in [1.82, 2.24) is 0 Å². The molecule has 3 heteroatoms. The predicted octanol–water partition coefficient (Wildman–Crippen LogP) is 1.98. The van der Waals surface area contributed by atoms with Crippen LogP contribution in [0.3, 0.4) is 0 Å². The lowest BCUT2D eigenvalue weighted by molar-refractivity contribution is 0.0674. The minimum Gasteiger partial charge on any atom is -0.373 e. The number of ether oxygens (including phenoxy) is 1. The molecular weight excluding hydrogens is 194 g/mol. The summed E-state index contributed by atoms with van der Waals surface area (Å²) >= 11 is 1.67. The molecule has 1 aromatic rings. The van der Waals surface area contributed by atoms with Crippen LogP contribution in [-0.4, -0.2) is 12.6 Å². The van der Waals surface area contributed by atoms with Gasteiger partial charge >= 0.3 is 0 Å². The van der Waals surface area contributed by atoms with Gasteiger partial charge in [0.1, 0.15) is 0 Å². The van der Waals surface area contributed by atoms with E-state index in [1.54, 1.807) is 11.3 Å². The molecule has 0 bridgehead atoms. The maximum Gasteiger partial charge on any atom is 0.0813 e. The monoisotopic (exact) mass is 209 g/mol. The minimum atomic E-state index is 0.274. The summed E-state index contributed by atoms with van der Waals surface area (Å²) in [5, 5.41) is 2.03. The van der Waals surface area contributed by atoms with Gasteiger partial charge in [0.25, 0.3) is 0 Å². The molecule has 0 spiro atoms. The third-order valence-corrected chi connectivity index (χ3v) is 2.46. The lowest BCUT2D eigenvalue weighted by atomic mass is 10.3. The summed E-state index contributed by atoms with van der Waals surface area (Å²) in [6.45, 7) is 5.14. The molecular formula is C11H15NOS. The molecule has 76 valence electrons. The van der Waals surface area contributed by atoms with Crippen LogP contribution in [0.15, 0.2) is 11.4 Å². The molecule has 0 aliphatic heterocycles. The van der Waals surface area contributed by atoms with Crippen LogP contribution in [0.2, 0.25) is 0 Å². The van der Waals surface area contributed by atoms with E-state index in [2.05, 4.69) is 17.9 Å². The van der Waals surface area contributed by atoms with Gasteiger partial charge in [0.05, 0.1) is 19.3 Å². The Kier molecular flexibility index (Phi) is 4.68. The molecule has 1 heterocycles. The molecule has 0 aliphatic rings. The van der Waals surface area contributed by atoms with E-state index in [9.17, 15) is 0 Å². The molecule has 0 aromatic carbocycles. The quantitative estimate of drug-likeness (QED) is 0.773. The Morgan fingerprint density at radius 2 is 2.36 bits per heavy atom. The van der Waals surface area contributed by atoms with Gasteiger partial charge in [-0.15, -0.1) is 11.3 Å². The van der Waals surface area contributed by atoms with Crippen molar-refractivity contribution in [2.24, 2.45) is 5.73 Å². The lowest BCUT2D eigenvalue weighted by Crippen LogP contribution is -2.00. The van der Waals surface area contributed by atoms with E-state index in [4.69, 9.17) is 10.5 Å². The number of nitrogens with two attached hydrogens (primary N) is 1. The van der Waals surface area contributed by atoms with Crippen molar-refractivity contribution < 1.29 is 4.74 Å². The van der Waals surface area contributed by atoms with E-state index >= 15 is 0 Å². The average Bonchev–Trinajstić information content (AvgIpc) is 2.59. The summed E-state index contributed by atoms with van der Waals surface area (Å²) in [6, 6.07) is 2.05. The van der Waals surface area contributed by atoms with Crippen molar-refractivity contribution in [3.63, 3.8) is 0 Å². The van der Waals surface area contributed by atoms with Crippen LogP contribution < -0.4 is 5.73 Å². The zero-order chi connectivity index (χ0) is 10.4. The molecule has 0 aliphatic carbocycles. The molecule has 1 aromatic heterocycles. The summed E-state index contributed by atoms with van der Waals surface area (Å²) in [6.07, 6.45) is 0.274. The first-order chi connectivity index (χ1) is 6.72. The lowest BCUT2D eigenvalue weighted by Gasteiger charge is -2.04. The van der Waals surface area contributed by atoms with E-state index in [-0.39, 0.29) is 6.10 Å². The standard InChI is InChI=1S/C11H15NOS/c1-9(2)13-7-11-6-10(8-14-11)4-3-5-12/h6,8-9H,5,7,12H2,1-2H3. The van der Waals surface area contributed by atoms with Crippen LogP contribution in [-0.2, 0) is 11.3 Å². The molecule has 0 saturated carbocycles. The van der Waals surface area contributed by atoms with Crippen LogP contribution in [0.4, 0.5) is 0 Å². The Balaban J connectivity index is 2.51. The van der Waals surface area contributed by atoms with Crippen molar-refractivity contribution in [3.05, 3.63) is 21.9 Å². The third-order valence-electron chi connectivity index (χ3n) is 1.55. The average molecular weight is 209 g/mol. The molecule has 0 atom stereocenters. The van der Waals surface area contributed by atoms with Crippen LogP contribution in [0.1, 0.15) is 24.3 Å². The summed E-state index contributed by atoms with van der Waals surface area (Å²) in [4.78, 5) is 1.21. The largest absolute Gasteiger partial charge is 0.373 e. The highest BCUT2D eigenvalue weighted by Crippen LogP contribution is 2.15. The first-order valence-corrected chi connectivity index (χ1v) is 5.48. The Morgan fingerprint density at radius 1 is 1.57 bits per heavy atom. The second-order valence-electron chi connectivity index (χ2n) is 3.17. The van der Waals surface area contributed by atoms with E-state index in [1.807, 2.05) is 19.2 Å². The maximum absolute atomic E-state index is 5.48. The molecule has 2 N–H and O–H groups in total. The van der Waals surface area contributed by atoms with Crippen molar-refractivity contribution in [2.45, 2.75) is 26.6 Å². The van der Waals surface area contributed by atoms with Gasteiger partial charge in [-0.1, -0.05) is 11.8 Å². The highest BCUT2D eigenvalue weighted by atomic mass is 32.1. The molecule has 1 rings (SSSR count). The van der Waals surface area contributed by atoms with Crippen molar-refractivity contribution >= 4 is 11.3 Å². The van der Waals surface area contributed by atoms with Gasteiger partial charge in [-0.3, -0.25) is 0 Å². The second kappa shape index (κ2) is 5.82. The summed E-state index contributed by atoms with van der Waals surface area (Å²) in [5.74, 6) is 5.82. The van der Waals surface area contributed by atoms with E-state index < -0.39 is 0 Å². The van der Waals surface area contributed by atoms with Gasteiger partial charge in [0.15, 0.2) is 0 Å². The predicted molar refractivity (Wildman–Crippen MR) is 60.2 cm³/mol. The van der Waals surface area contributed by atoms with Crippen molar-refractivity contribution in [3.8, 4) is 11.8 Å². The Morgan fingerprint density at radius 3 is 3.00 bits per heavy atom. The molecule has 0 saturated heterocycles. The fourth-order valence-corrected chi connectivity index (χ4v) is 1.66. The topological polar surface area (TPSA) is 35.2 Å². The summed E-state index contributed by atoms with van der Waals surface area (Å²) in [7, 11) is 0. The van der Waals surface area contributed by atoms with E-state index in [0.29, 0.717) is 13.2 Å². The molecule has 14 heavy (non-hydrogen) atoms. The third kappa shape index (κ3) is 3.93. The highest BCUT2D eigenvalue weighted by molar-refractivity contribution is 7.10. The second-order valence-corrected chi connectivity index (χ2v) is 4.16. The highest BCUT2D eigenvalue weighted by Gasteiger charge is 1.99. The minimum absolute atomic E-state index is 0.274. The Labute approximate surface area is 89.1 Å². The SMILES string of the molecule is CC(C)OCc1cc(C#CCN)cs1. The molecule has 0 fully saturated rings. The molecule has 0 unspecified atom stereocenters. The van der Waals surface area contributed by atoms with Crippen LogP contribution in [0, 0.1) is 11.8 Å².